The molecule has 3 aliphatic rings. The third-order valence-electron chi connectivity index (χ3n) is 7.00. The largest absolute Gasteiger partial charge is 0.492 e. The number of anilines is 1. The van der Waals surface area contributed by atoms with Crippen molar-refractivity contribution in [1.29, 1.82) is 0 Å². The summed E-state index contributed by atoms with van der Waals surface area (Å²) < 4.78 is 36.5. The third kappa shape index (κ3) is 3.52. The number of methoxy groups -OCH3 is 1. The number of hydrogen-bond donors (Lipinski definition) is 2. The second-order valence-corrected chi connectivity index (χ2v) is 9.36. The van der Waals surface area contributed by atoms with E-state index in [1.165, 1.54) is 24.5 Å². The van der Waals surface area contributed by atoms with E-state index in [0.717, 1.165) is 18.8 Å². The zero-order chi connectivity index (χ0) is 22.7. The van der Waals surface area contributed by atoms with Crippen LogP contribution in [0.4, 0.5) is 14.5 Å². The van der Waals surface area contributed by atoms with E-state index >= 15 is 4.39 Å². The first-order valence-electron chi connectivity index (χ1n) is 11.1. The number of hydrogen-bond acceptors (Lipinski definition) is 5. The molecule has 4 unspecified atom stereocenters. The molecule has 0 amide bonds. The van der Waals surface area contributed by atoms with Crippen molar-refractivity contribution >= 4 is 22.6 Å². The van der Waals surface area contributed by atoms with Gasteiger partial charge in [0.15, 0.2) is 11.6 Å². The highest BCUT2D eigenvalue weighted by molar-refractivity contribution is 5.97. The van der Waals surface area contributed by atoms with Crippen molar-refractivity contribution in [2.45, 2.75) is 44.4 Å². The Morgan fingerprint density at radius 1 is 1.34 bits per heavy atom. The van der Waals surface area contributed by atoms with Crippen molar-refractivity contribution in [2.24, 2.45) is 11.8 Å². The van der Waals surface area contributed by atoms with Crippen LogP contribution in [0.1, 0.15) is 42.6 Å². The molecular weight excluding hydrogens is 420 g/mol. The number of nitrogens with zero attached hydrogens (tertiary/aromatic N) is 2. The minimum Gasteiger partial charge on any atom is -0.492 e. The Morgan fingerprint density at radius 2 is 2.06 bits per heavy atom. The molecule has 1 aliphatic heterocycles. The van der Waals surface area contributed by atoms with E-state index in [0.29, 0.717) is 31.0 Å². The number of carboxylic acids is 1. The summed E-state index contributed by atoms with van der Waals surface area (Å²) in [7, 11) is 1.39. The first kappa shape index (κ1) is 21.2. The van der Waals surface area contributed by atoms with Crippen LogP contribution in [0, 0.1) is 17.7 Å². The SMILES string of the molecule is COc1c(N2CC(C)C(CNC3CC3)C2)c(F)cc2c(=O)c(C(=O)O)cn(C3CC3F)c12. The summed E-state index contributed by atoms with van der Waals surface area (Å²) in [6, 6.07) is 1.07. The zero-order valence-electron chi connectivity index (χ0n) is 18.1. The highest BCUT2D eigenvalue weighted by Gasteiger charge is 2.42. The summed E-state index contributed by atoms with van der Waals surface area (Å²) in [5.74, 6) is -1.25. The van der Waals surface area contributed by atoms with E-state index in [-0.39, 0.29) is 28.8 Å². The molecule has 0 spiro atoms. The molecule has 2 aliphatic carbocycles. The molecular formula is C23H27F2N3O4. The van der Waals surface area contributed by atoms with Crippen LogP contribution < -0.4 is 20.4 Å². The van der Waals surface area contributed by atoms with Gasteiger partial charge in [0.05, 0.1) is 24.1 Å². The van der Waals surface area contributed by atoms with Crippen molar-refractivity contribution in [1.82, 2.24) is 9.88 Å². The number of carbonyl (C=O) groups is 1. The molecule has 1 aromatic heterocycles. The molecule has 5 rings (SSSR count). The average Bonchev–Trinajstić information content (AvgIpc) is 3.67. The molecule has 1 aromatic carbocycles. The Morgan fingerprint density at radius 3 is 2.66 bits per heavy atom. The number of rotatable bonds is 7. The van der Waals surface area contributed by atoms with E-state index in [1.54, 1.807) is 0 Å². The average molecular weight is 447 g/mol. The summed E-state index contributed by atoms with van der Waals surface area (Å²) in [4.78, 5) is 26.4. The predicted molar refractivity (Wildman–Crippen MR) is 116 cm³/mol. The molecule has 32 heavy (non-hydrogen) atoms. The Hall–Kier alpha value is -2.68. The van der Waals surface area contributed by atoms with Crippen LogP contribution in [0.3, 0.4) is 0 Å². The monoisotopic (exact) mass is 447 g/mol. The lowest BCUT2D eigenvalue weighted by molar-refractivity contribution is 0.0694. The molecule has 2 heterocycles. The molecule has 3 fully saturated rings. The van der Waals surface area contributed by atoms with E-state index in [4.69, 9.17) is 4.74 Å². The van der Waals surface area contributed by atoms with Gasteiger partial charge in [0.1, 0.15) is 17.4 Å². The van der Waals surface area contributed by atoms with Crippen LogP contribution in [0.5, 0.6) is 5.75 Å². The molecule has 0 radical (unpaired) electrons. The van der Waals surface area contributed by atoms with Gasteiger partial charge >= 0.3 is 5.97 Å². The number of carboxylic acid groups (broad SMARTS) is 1. The number of benzene rings is 1. The second kappa shape index (κ2) is 7.72. The molecule has 9 heteroatoms. The fourth-order valence-electron chi connectivity index (χ4n) is 4.87. The minimum atomic E-state index is -1.43. The molecule has 172 valence electrons. The van der Waals surface area contributed by atoms with E-state index in [2.05, 4.69) is 12.2 Å². The minimum absolute atomic E-state index is 0.110. The van der Waals surface area contributed by atoms with Gasteiger partial charge in [0, 0.05) is 38.3 Å². The summed E-state index contributed by atoms with van der Waals surface area (Å²) in [5.41, 5.74) is -0.819. The highest BCUT2D eigenvalue weighted by atomic mass is 19.1. The smallest absolute Gasteiger partial charge is 0.341 e. The Balaban J connectivity index is 1.62. The summed E-state index contributed by atoms with van der Waals surface area (Å²) in [6.07, 6.45) is 2.62. The summed E-state index contributed by atoms with van der Waals surface area (Å²) in [5, 5.41) is 12.9. The predicted octanol–water partition coefficient (Wildman–Crippen LogP) is 2.95. The van der Waals surface area contributed by atoms with Crippen LogP contribution in [-0.2, 0) is 0 Å². The number of alkyl halides is 1. The van der Waals surface area contributed by atoms with Gasteiger partial charge in [-0.3, -0.25) is 4.79 Å². The van der Waals surface area contributed by atoms with Crippen molar-refractivity contribution in [2.75, 3.05) is 31.6 Å². The van der Waals surface area contributed by atoms with Crippen molar-refractivity contribution in [3.8, 4) is 5.75 Å². The van der Waals surface area contributed by atoms with Crippen LogP contribution >= 0.6 is 0 Å². The van der Waals surface area contributed by atoms with E-state index in [1.807, 2.05) is 4.90 Å². The first-order valence-corrected chi connectivity index (χ1v) is 11.1. The van der Waals surface area contributed by atoms with Gasteiger partial charge in [-0.25, -0.2) is 13.6 Å². The number of fused-ring (bicyclic) bond motifs is 1. The third-order valence-corrected chi connectivity index (χ3v) is 7.00. The number of aromatic nitrogens is 1. The van der Waals surface area contributed by atoms with Crippen LogP contribution in [0.15, 0.2) is 17.1 Å². The van der Waals surface area contributed by atoms with E-state index in [9.17, 15) is 19.1 Å². The summed E-state index contributed by atoms with van der Waals surface area (Å²) >= 11 is 0. The fraction of sp³-hybridized carbons (Fsp3) is 0.565. The lowest BCUT2D eigenvalue weighted by atomic mass is 9.98. The topological polar surface area (TPSA) is 83.8 Å². The van der Waals surface area contributed by atoms with Crippen molar-refractivity contribution < 1.29 is 23.4 Å². The Labute approximate surface area is 184 Å². The maximum atomic E-state index is 15.4. The molecule has 2 aromatic rings. The Bertz CT molecular complexity index is 1150. The maximum absolute atomic E-state index is 15.4. The van der Waals surface area contributed by atoms with Crippen LogP contribution in [0.2, 0.25) is 0 Å². The molecule has 1 saturated heterocycles. The van der Waals surface area contributed by atoms with Gasteiger partial charge in [0.25, 0.3) is 0 Å². The molecule has 2 N–H and O–H groups in total. The lowest BCUT2D eigenvalue weighted by Crippen LogP contribution is -2.29. The van der Waals surface area contributed by atoms with Gasteiger partial charge in [-0.05, 0) is 30.7 Å². The maximum Gasteiger partial charge on any atom is 0.341 e. The van der Waals surface area contributed by atoms with Gasteiger partial charge < -0.3 is 24.6 Å². The molecule has 7 nitrogen and oxygen atoms in total. The van der Waals surface area contributed by atoms with Crippen LogP contribution in [0.25, 0.3) is 10.9 Å². The van der Waals surface area contributed by atoms with Gasteiger partial charge in [-0.15, -0.1) is 0 Å². The van der Waals surface area contributed by atoms with E-state index < -0.39 is 35.0 Å². The normalized spacial score (nSPS) is 27.2. The lowest BCUT2D eigenvalue weighted by Gasteiger charge is -2.25. The van der Waals surface area contributed by atoms with Gasteiger partial charge in [0.2, 0.25) is 5.43 Å². The summed E-state index contributed by atoms with van der Waals surface area (Å²) in [6.45, 7) is 4.25. The highest BCUT2D eigenvalue weighted by Crippen LogP contribution is 2.46. The fourth-order valence-corrected chi connectivity index (χ4v) is 4.87. The first-order chi connectivity index (χ1) is 15.3. The van der Waals surface area contributed by atoms with Gasteiger partial charge in [-0.1, -0.05) is 6.92 Å². The number of nitrogens with one attached hydrogen (secondary N) is 1. The van der Waals surface area contributed by atoms with Crippen molar-refractivity contribution in [3.05, 3.63) is 33.9 Å². The number of aromatic carboxylic acids is 1. The second-order valence-electron chi connectivity index (χ2n) is 9.36. The quantitative estimate of drug-likeness (QED) is 0.679. The number of halogens is 2. The molecule has 2 saturated carbocycles. The Kier molecular flexibility index (Phi) is 5.11. The standard InChI is InChI=1S/C23H27F2N3O4/c1-11-8-27(9-12(11)7-26-13-3-4-13)20-17(25)5-14-19(22(20)32-2)28(18-6-16(18)24)10-15(21(14)29)23(30)31/h5,10-13,16,18,26H,3-4,6-9H2,1-2H3,(H,30,31). The van der Waals surface area contributed by atoms with Crippen molar-refractivity contribution in [3.63, 3.8) is 0 Å². The van der Waals surface area contributed by atoms with Crippen LogP contribution in [-0.4, -0.2) is 54.6 Å². The molecule has 4 atom stereocenters. The zero-order valence-corrected chi connectivity index (χ0v) is 18.1. The molecule has 0 bridgehead atoms. The van der Waals surface area contributed by atoms with Gasteiger partial charge in [-0.2, -0.15) is 0 Å². The number of pyridine rings is 1. The number of ether oxygens (including phenoxy) is 1.